The van der Waals surface area contributed by atoms with Gasteiger partial charge in [0.05, 0.1) is 5.69 Å². The Hall–Kier alpha value is -1.52. The summed E-state index contributed by atoms with van der Waals surface area (Å²) in [4.78, 5) is 0. The minimum atomic E-state index is 0.739. The highest BCUT2D eigenvalue weighted by molar-refractivity contribution is 9.11. The van der Waals surface area contributed by atoms with Gasteiger partial charge < -0.3 is 11.1 Å². The first kappa shape index (κ1) is 13.5. The van der Waals surface area contributed by atoms with E-state index in [0.29, 0.717) is 0 Å². The highest BCUT2D eigenvalue weighted by Gasteiger charge is 2.06. The second kappa shape index (κ2) is 5.46. The van der Waals surface area contributed by atoms with Gasteiger partial charge in [-0.05, 0) is 51.6 Å². The number of hydrogen-bond acceptors (Lipinski definition) is 2. The second-order valence-electron chi connectivity index (χ2n) is 4.50. The molecule has 0 atom stereocenters. The van der Waals surface area contributed by atoms with Gasteiger partial charge in [0.25, 0.3) is 0 Å². The molecule has 0 fully saturated rings. The Bertz CT molecular complexity index is 785. The lowest BCUT2D eigenvalue weighted by Gasteiger charge is -2.12. The zero-order chi connectivity index (χ0) is 14.1. The van der Waals surface area contributed by atoms with Crippen molar-refractivity contribution in [1.82, 2.24) is 0 Å². The van der Waals surface area contributed by atoms with E-state index in [-0.39, 0.29) is 0 Å². The topological polar surface area (TPSA) is 38.0 Å². The first-order valence-corrected chi connectivity index (χ1v) is 7.73. The molecule has 0 unspecified atom stereocenters. The van der Waals surface area contributed by atoms with Crippen molar-refractivity contribution in [1.29, 1.82) is 0 Å². The molecule has 0 aromatic heterocycles. The molecule has 0 bridgehead atoms. The number of nitrogen functional groups attached to an aromatic ring is 1. The van der Waals surface area contributed by atoms with Crippen LogP contribution in [-0.4, -0.2) is 0 Å². The standard InChI is InChI=1S/C16H12Br2N2/c17-13-6-8-15(12-4-2-1-3-11(12)13)20-16-7-5-10(19)9-14(16)18/h1-9,20H,19H2. The lowest BCUT2D eigenvalue weighted by molar-refractivity contribution is 1.54. The van der Waals surface area contributed by atoms with E-state index < -0.39 is 0 Å². The third-order valence-electron chi connectivity index (χ3n) is 3.13. The molecule has 100 valence electrons. The quantitative estimate of drug-likeness (QED) is 0.550. The van der Waals surface area contributed by atoms with Crippen LogP contribution in [0.2, 0.25) is 0 Å². The van der Waals surface area contributed by atoms with Crippen LogP contribution in [0.4, 0.5) is 17.1 Å². The molecule has 3 aromatic rings. The van der Waals surface area contributed by atoms with Crippen LogP contribution in [0.5, 0.6) is 0 Å². The Kier molecular flexibility index (Phi) is 3.68. The number of anilines is 3. The van der Waals surface area contributed by atoms with E-state index in [0.717, 1.165) is 26.0 Å². The lowest BCUT2D eigenvalue weighted by Crippen LogP contribution is -1.94. The Morgan fingerprint density at radius 2 is 1.45 bits per heavy atom. The Morgan fingerprint density at radius 3 is 2.20 bits per heavy atom. The van der Waals surface area contributed by atoms with Crippen molar-refractivity contribution in [2.45, 2.75) is 0 Å². The molecule has 0 saturated carbocycles. The number of hydrogen-bond donors (Lipinski definition) is 2. The number of benzene rings is 3. The molecule has 4 heteroatoms. The van der Waals surface area contributed by atoms with Crippen LogP contribution in [0.15, 0.2) is 63.5 Å². The number of nitrogens with two attached hydrogens (primary N) is 1. The zero-order valence-corrected chi connectivity index (χ0v) is 13.7. The van der Waals surface area contributed by atoms with E-state index in [1.807, 2.05) is 30.3 Å². The van der Waals surface area contributed by atoms with E-state index >= 15 is 0 Å². The summed E-state index contributed by atoms with van der Waals surface area (Å²) in [6.45, 7) is 0. The van der Waals surface area contributed by atoms with Gasteiger partial charge in [0.15, 0.2) is 0 Å². The van der Waals surface area contributed by atoms with Gasteiger partial charge in [-0.1, -0.05) is 40.2 Å². The van der Waals surface area contributed by atoms with Crippen molar-refractivity contribution in [3.05, 3.63) is 63.5 Å². The maximum absolute atomic E-state index is 5.77. The largest absolute Gasteiger partial charge is 0.399 e. The maximum atomic E-state index is 5.77. The molecule has 3 aromatic carbocycles. The monoisotopic (exact) mass is 390 g/mol. The Morgan fingerprint density at radius 1 is 0.750 bits per heavy atom. The maximum Gasteiger partial charge on any atom is 0.0530 e. The summed E-state index contributed by atoms with van der Waals surface area (Å²) in [6.07, 6.45) is 0. The van der Waals surface area contributed by atoms with Crippen molar-refractivity contribution in [2.24, 2.45) is 0 Å². The first-order chi connectivity index (χ1) is 9.65. The first-order valence-electron chi connectivity index (χ1n) is 6.14. The molecule has 3 N–H and O–H groups in total. The van der Waals surface area contributed by atoms with Gasteiger partial charge in [0, 0.05) is 25.7 Å². The van der Waals surface area contributed by atoms with Gasteiger partial charge in [-0.3, -0.25) is 0 Å². The number of nitrogens with one attached hydrogen (secondary N) is 1. The molecular formula is C16H12Br2N2. The highest BCUT2D eigenvalue weighted by Crippen LogP contribution is 2.34. The van der Waals surface area contributed by atoms with Gasteiger partial charge in [-0.2, -0.15) is 0 Å². The molecule has 0 amide bonds. The molecule has 20 heavy (non-hydrogen) atoms. The molecule has 0 aliphatic carbocycles. The van der Waals surface area contributed by atoms with Crippen LogP contribution in [0.1, 0.15) is 0 Å². The second-order valence-corrected chi connectivity index (χ2v) is 6.21. The summed E-state index contributed by atoms with van der Waals surface area (Å²) in [5.41, 5.74) is 8.56. The fraction of sp³-hybridized carbons (Fsp3) is 0. The van der Waals surface area contributed by atoms with E-state index in [1.54, 1.807) is 0 Å². The van der Waals surface area contributed by atoms with Gasteiger partial charge in [-0.15, -0.1) is 0 Å². The van der Waals surface area contributed by atoms with Crippen LogP contribution in [0.3, 0.4) is 0 Å². The van der Waals surface area contributed by atoms with Crippen LogP contribution < -0.4 is 11.1 Å². The normalized spacial score (nSPS) is 10.7. The van der Waals surface area contributed by atoms with Crippen molar-refractivity contribution in [2.75, 3.05) is 11.1 Å². The highest BCUT2D eigenvalue weighted by atomic mass is 79.9. The molecular weight excluding hydrogens is 380 g/mol. The predicted octanol–water partition coefficient (Wildman–Crippen LogP) is 5.69. The summed E-state index contributed by atoms with van der Waals surface area (Å²) in [7, 11) is 0. The zero-order valence-electron chi connectivity index (χ0n) is 10.5. The van der Waals surface area contributed by atoms with Gasteiger partial charge >= 0.3 is 0 Å². The van der Waals surface area contributed by atoms with Crippen LogP contribution >= 0.6 is 31.9 Å². The number of fused-ring (bicyclic) bond motifs is 1. The van der Waals surface area contributed by atoms with Gasteiger partial charge in [-0.25, -0.2) is 0 Å². The van der Waals surface area contributed by atoms with E-state index in [4.69, 9.17) is 5.73 Å². The summed E-state index contributed by atoms with van der Waals surface area (Å²) in [6, 6.07) is 18.1. The lowest BCUT2D eigenvalue weighted by atomic mass is 10.1. The van der Waals surface area contributed by atoms with Crippen LogP contribution in [0.25, 0.3) is 10.8 Å². The molecule has 0 aliphatic rings. The summed E-state index contributed by atoms with van der Waals surface area (Å²) >= 11 is 7.12. The van der Waals surface area contributed by atoms with Crippen molar-refractivity contribution in [3.8, 4) is 0 Å². The Labute approximate surface area is 134 Å². The predicted molar refractivity (Wildman–Crippen MR) is 93.5 cm³/mol. The fourth-order valence-electron chi connectivity index (χ4n) is 2.15. The smallest absolute Gasteiger partial charge is 0.0530 e. The summed E-state index contributed by atoms with van der Waals surface area (Å²) < 4.78 is 2.04. The van der Waals surface area contributed by atoms with Crippen molar-refractivity contribution in [3.63, 3.8) is 0 Å². The third-order valence-corrected chi connectivity index (χ3v) is 4.48. The minimum absolute atomic E-state index is 0.739. The van der Waals surface area contributed by atoms with E-state index in [9.17, 15) is 0 Å². The number of rotatable bonds is 2. The van der Waals surface area contributed by atoms with Crippen LogP contribution in [0, 0.1) is 0 Å². The molecule has 0 saturated heterocycles. The SMILES string of the molecule is Nc1ccc(Nc2ccc(Br)c3ccccc23)c(Br)c1. The number of halogens is 2. The average molecular weight is 392 g/mol. The molecule has 0 aliphatic heterocycles. The van der Waals surface area contributed by atoms with Crippen LogP contribution in [-0.2, 0) is 0 Å². The summed E-state index contributed by atoms with van der Waals surface area (Å²) in [5.74, 6) is 0. The van der Waals surface area contributed by atoms with Crippen molar-refractivity contribution >= 4 is 59.7 Å². The average Bonchev–Trinajstić information content (AvgIpc) is 2.45. The third kappa shape index (κ3) is 2.53. The van der Waals surface area contributed by atoms with Gasteiger partial charge in [0.2, 0.25) is 0 Å². The Balaban J connectivity index is 2.09. The van der Waals surface area contributed by atoms with E-state index in [1.165, 1.54) is 10.8 Å². The molecule has 0 heterocycles. The molecule has 0 spiro atoms. The molecule has 2 nitrogen and oxygen atoms in total. The molecule has 3 rings (SSSR count). The van der Waals surface area contributed by atoms with E-state index in [2.05, 4.69) is 61.4 Å². The molecule has 0 radical (unpaired) electrons. The fourth-order valence-corrected chi connectivity index (χ4v) is 3.12. The van der Waals surface area contributed by atoms with Crippen molar-refractivity contribution < 1.29 is 0 Å². The summed E-state index contributed by atoms with van der Waals surface area (Å²) in [5, 5.41) is 5.80. The minimum Gasteiger partial charge on any atom is -0.399 e. The van der Waals surface area contributed by atoms with Gasteiger partial charge in [0.1, 0.15) is 0 Å².